The molecule has 0 saturated carbocycles. The molecule has 0 aliphatic heterocycles. The van der Waals surface area contributed by atoms with Crippen molar-refractivity contribution >= 4 is 0 Å². The lowest BCUT2D eigenvalue weighted by Gasteiger charge is -2.42. The van der Waals surface area contributed by atoms with Crippen LogP contribution in [-0.2, 0) is 0 Å². The van der Waals surface area contributed by atoms with Crippen molar-refractivity contribution < 1.29 is 79.7 Å². The summed E-state index contributed by atoms with van der Waals surface area (Å²) in [4.78, 5) is 0. The zero-order valence-electron chi connectivity index (χ0n) is 11.5. The monoisotopic (exact) mass is 450 g/mol. The van der Waals surface area contributed by atoms with E-state index in [1.807, 2.05) is 0 Å². The maximum absolute atomic E-state index is 13.0. The van der Waals surface area contributed by atoms with Crippen LogP contribution in [0.25, 0.3) is 0 Å². The zero-order valence-corrected chi connectivity index (χ0v) is 11.5. The Morgan fingerprint density at radius 3 is 0.963 bits per heavy atom. The van der Waals surface area contributed by atoms with Gasteiger partial charge >= 0.3 is 41.6 Å². The quantitative estimate of drug-likeness (QED) is 0.518. The van der Waals surface area contributed by atoms with Crippen molar-refractivity contribution in [1.29, 1.82) is 0 Å². The highest BCUT2D eigenvalue weighted by molar-refractivity contribution is 5.14. The topological polar surface area (TPSA) is 20.2 Å². The Kier molecular flexibility index (Phi) is 6.11. The van der Waals surface area contributed by atoms with Gasteiger partial charge in [-0.15, -0.1) is 0 Å². The number of hydrogen-bond donors (Lipinski definition) is 1. The van der Waals surface area contributed by atoms with Gasteiger partial charge in [-0.05, 0) is 0 Å². The van der Waals surface area contributed by atoms with Crippen molar-refractivity contribution in [2.75, 3.05) is 0 Å². The predicted molar refractivity (Wildman–Crippen MR) is 47.7 cm³/mol. The molecule has 0 aliphatic carbocycles. The molecule has 1 nitrogen and oxygen atoms in total. The first-order chi connectivity index (χ1) is 11.4. The van der Waals surface area contributed by atoms with Gasteiger partial charge in [0.15, 0.2) is 0 Å². The van der Waals surface area contributed by atoms with Crippen LogP contribution in [0.5, 0.6) is 0 Å². The molecule has 1 atom stereocenters. The molecule has 27 heavy (non-hydrogen) atoms. The van der Waals surface area contributed by atoms with E-state index in [9.17, 15) is 74.6 Å². The lowest BCUT2D eigenvalue weighted by Crippen LogP contribution is -2.74. The van der Waals surface area contributed by atoms with Crippen molar-refractivity contribution in [1.82, 2.24) is 0 Å². The summed E-state index contributed by atoms with van der Waals surface area (Å²) in [7, 11) is 0. The van der Waals surface area contributed by atoms with E-state index in [-0.39, 0.29) is 0 Å². The van der Waals surface area contributed by atoms with Crippen LogP contribution in [0.4, 0.5) is 74.6 Å². The van der Waals surface area contributed by atoms with Crippen LogP contribution >= 0.6 is 0 Å². The number of alkyl halides is 17. The van der Waals surface area contributed by atoms with E-state index < -0.39 is 54.2 Å². The smallest absolute Gasteiger partial charge is 0.331 e. The fraction of sp³-hybridized carbons (Fsp3) is 1.00. The number of rotatable bonds is 8. The molecule has 0 aromatic carbocycles. The van der Waals surface area contributed by atoms with Gasteiger partial charge in [-0.2, -0.15) is 61.5 Å². The first kappa shape index (κ1) is 25.8. The molecule has 0 heterocycles. The second kappa shape index (κ2) is 6.40. The van der Waals surface area contributed by atoms with Gasteiger partial charge in [-0.3, -0.25) is 0 Å². The van der Waals surface area contributed by atoms with E-state index in [1.165, 1.54) is 0 Å². The Labute approximate surface area is 135 Å². The average Bonchev–Trinajstić information content (AvgIpc) is 2.43. The first-order valence-corrected chi connectivity index (χ1v) is 5.65. The maximum Gasteiger partial charge on any atom is 0.423 e. The molecule has 0 bridgehead atoms. The van der Waals surface area contributed by atoms with Crippen LogP contribution in [0, 0.1) is 0 Å². The van der Waals surface area contributed by atoms with Crippen molar-refractivity contribution in [3.63, 3.8) is 0 Å². The van der Waals surface area contributed by atoms with Gasteiger partial charge in [0.1, 0.15) is 0 Å². The molecule has 0 rings (SSSR count). The summed E-state index contributed by atoms with van der Waals surface area (Å²) in [6, 6.07) is 0. The Morgan fingerprint density at radius 2 is 0.704 bits per heavy atom. The van der Waals surface area contributed by atoms with E-state index in [2.05, 4.69) is 0 Å². The lowest BCUT2D eigenvalue weighted by atomic mass is 9.89. The molecule has 0 aromatic rings. The third-order valence-electron chi connectivity index (χ3n) is 2.94. The number of aliphatic hydroxyl groups is 1. The van der Waals surface area contributed by atoms with Crippen LogP contribution in [0.2, 0.25) is 0 Å². The minimum absolute atomic E-state index is 5.28. The lowest BCUT2D eigenvalue weighted by molar-refractivity contribution is -0.464. The highest BCUT2D eigenvalue weighted by Crippen LogP contribution is 2.62. The first-order valence-electron chi connectivity index (χ1n) is 5.65. The third kappa shape index (κ3) is 3.26. The highest BCUT2D eigenvalue weighted by Gasteiger charge is 2.93. The molecule has 1 N–H and O–H groups in total. The number of hydrogen-bond acceptors (Lipinski definition) is 1. The largest absolute Gasteiger partial charge is 0.423 e. The Bertz CT molecular complexity index is 531. The average molecular weight is 450 g/mol. The van der Waals surface area contributed by atoms with Gasteiger partial charge < -0.3 is 5.11 Å². The maximum atomic E-state index is 13.0. The van der Waals surface area contributed by atoms with Crippen LogP contribution in [-0.4, -0.2) is 59.3 Å². The predicted octanol–water partition coefficient (Wildman–Crippen LogP) is 4.99. The van der Waals surface area contributed by atoms with Crippen LogP contribution in [0.1, 0.15) is 0 Å². The molecule has 0 aromatic heterocycles. The zero-order chi connectivity index (χ0) is 22.7. The Morgan fingerprint density at radius 1 is 0.444 bits per heavy atom. The van der Waals surface area contributed by atoms with E-state index >= 15 is 0 Å². The standard InChI is InChI=1S/C9H3F17O/c10-1(2(11)12)3(13,14)4(15,16)5(17,18)6(19,20)7(21,22)8(23,24)9(25,26)27/h1-2,27H. The molecule has 18 heteroatoms. The molecule has 0 aliphatic rings. The second-order valence-electron chi connectivity index (χ2n) is 4.77. The summed E-state index contributed by atoms with van der Waals surface area (Å²) in [5.74, 6) is -49.2. The van der Waals surface area contributed by atoms with Crippen molar-refractivity contribution in [2.45, 2.75) is 54.2 Å². The molecule has 164 valence electrons. The van der Waals surface area contributed by atoms with Gasteiger partial charge in [-0.25, -0.2) is 13.2 Å². The summed E-state index contributed by atoms with van der Waals surface area (Å²) in [5.41, 5.74) is 0. The van der Waals surface area contributed by atoms with Gasteiger partial charge in [0.05, 0.1) is 0 Å². The minimum atomic E-state index is -8.55. The van der Waals surface area contributed by atoms with Crippen LogP contribution in [0.3, 0.4) is 0 Å². The molecule has 1 unspecified atom stereocenters. The normalized spacial score (nSPS) is 17.4. The molecule has 0 saturated heterocycles. The van der Waals surface area contributed by atoms with Gasteiger partial charge in [0.2, 0.25) is 6.17 Å². The molecule has 0 amide bonds. The molecular formula is C9H3F17O. The molecule has 0 fully saturated rings. The molecule has 0 spiro atoms. The van der Waals surface area contributed by atoms with E-state index in [4.69, 9.17) is 5.11 Å². The van der Waals surface area contributed by atoms with Crippen molar-refractivity contribution in [3.8, 4) is 0 Å². The summed E-state index contributed by atoms with van der Waals surface area (Å²) in [5, 5.41) is 7.40. The van der Waals surface area contributed by atoms with Crippen LogP contribution in [0.15, 0.2) is 0 Å². The van der Waals surface area contributed by atoms with Gasteiger partial charge in [0, 0.05) is 0 Å². The van der Waals surface area contributed by atoms with E-state index in [0.717, 1.165) is 0 Å². The molecule has 0 radical (unpaired) electrons. The minimum Gasteiger partial charge on any atom is -0.331 e. The summed E-state index contributed by atoms with van der Waals surface area (Å²) < 4.78 is 213. The fourth-order valence-electron chi connectivity index (χ4n) is 1.32. The summed E-state index contributed by atoms with van der Waals surface area (Å²) >= 11 is 0. The van der Waals surface area contributed by atoms with E-state index in [1.54, 1.807) is 0 Å². The fourth-order valence-corrected chi connectivity index (χ4v) is 1.32. The Hall–Kier alpha value is -1.23. The Balaban J connectivity index is 6.56. The van der Waals surface area contributed by atoms with Crippen molar-refractivity contribution in [3.05, 3.63) is 0 Å². The SMILES string of the molecule is OC(F)(F)C(F)(F)C(F)(F)C(F)(F)C(F)(F)C(F)(F)C(F)(F)C(F)C(F)F. The molecular weight excluding hydrogens is 447 g/mol. The highest BCUT2D eigenvalue weighted by atomic mass is 19.4. The van der Waals surface area contributed by atoms with Crippen LogP contribution < -0.4 is 0 Å². The second-order valence-corrected chi connectivity index (χ2v) is 4.77. The summed E-state index contributed by atoms with van der Waals surface area (Å²) in [6.07, 6.45) is -18.2. The van der Waals surface area contributed by atoms with Gasteiger partial charge in [0.25, 0.3) is 6.43 Å². The number of halogens is 17. The third-order valence-corrected chi connectivity index (χ3v) is 2.94. The van der Waals surface area contributed by atoms with Crippen molar-refractivity contribution in [2.24, 2.45) is 0 Å². The van der Waals surface area contributed by atoms with Gasteiger partial charge in [-0.1, -0.05) is 0 Å². The summed E-state index contributed by atoms with van der Waals surface area (Å²) in [6.45, 7) is 0. The van der Waals surface area contributed by atoms with E-state index in [0.29, 0.717) is 0 Å².